The van der Waals surface area contributed by atoms with E-state index in [4.69, 9.17) is 0 Å². The number of aryl methyl sites for hydroxylation is 1. The van der Waals surface area contributed by atoms with Crippen molar-refractivity contribution in [3.63, 3.8) is 0 Å². The van der Waals surface area contributed by atoms with Gasteiger partial charge in [0, 0.05) is 0 Å². The van der Waals surface area contributed by atoms with E-state index in [1.807, 2.05) is 0 Å². The normalized spacial score (nSPS) is 31.5. The Balaban J connectivity index is 2.30. The molecule has 0 spiro atoms. The van der Waals surface area contributed by atoms with Crippen LogP contribution < -0.4 is 0 Å². The third kappa shape index (κ3) is 1.93. The minimum absolute atomic E-state index is 0.383. The summed E-state index contributed by atoms with van der Waals surface area (Å²) in [4.78, 5) is 0. The summed E-state index contributed by atoms with van der Waals surface area (Å²) in [5, 5.41) is 10.7. The van der Waals surface area contributed by atoms with Crippen molar-refractivity contribution in [1.29, 1.82) is 0 Å². The number of rotatable bonds is 1. The van der Waals surface area contributed by atoms with Crippen LogP contribution in [-0.4, -0.2) is 5.11 Å². The van der Waals surface area contributed by atoms with E-state index in [9.17, 15) is 5.11 Å². The Hall–Kier alpha value is -0.820. The lowest BCUT2D eigenvalue weighted by Crippen LogP contribution is -2.36. The van der Waals surface area contributed by atoms with Crippen molar-refractivity contribution >= 4 is 0 Å². The van der Waals surface area contributed by atoms with Gasteiger partial charge in [-0.15, -0.1) is 0 Å². The average Bonchev–Trinajstić information content (AvgIpc) is 2.23. The van der Waals surface area contributed by atoms with Crippen molar-refractivity contribution in [3.8, 4) is 0 Å². The molecule has 1 fully saturated rings. The number of benzene rings is 1. The highest BCUT2D eigenvalue weighted by atomic mass is 16.3. The van der Waals surface area contributed by atoms with E-state index in [1.54, 1.807) is 0 Å². The van der Waals surface area contributed by atoms with Crippen LogP contribution in [0.4, 0.5) is 0 Å². The smallest absolute Gasteiger partial charge is 0.0921 e. The molecule has 0 radical (unpaired) electrons. The number of hydrogen-bond donors (Lipinski definition) is 1. The molecule has 0 aliphatic heterocycles. The maximum absolute atomic E-state index is 10.7. The first-order chi connectivity index (χ1) is 7.13. The first-order valence-electron chi connectivity index (χ1n) is 5.92. The maximum Gasteiger partial charge on any atom is 0.0921 e. The number of aliphatic hydroxyl groups is 1. The van der Waals surface area contributed by atoms with Crippen LogP contribution in [0, 0.1) is 12.8 Å². The van der Waals surface area contributed by atoms with Gasteiger partial charge in [0.25, 0.3) is 0 Å². The Labute approximate surface area is 92.1 Å². The maximum atomic E-state index is 10.7. The molecule has 15 heavy (non-hydrogen) atoms. The monoisotopic (exact) mass is 204 g/mol. The largest absolute Gasteiger partial charge is 0.385 e. The second-order valence-corrected chi connectivity index (χ2v) is 4.94. The van der Waals surface area contributed by atoms with Gasteiger partial charge in [-0.05, 0) is 31.2 Å². The molecule has 2 rings (SSSR count). The van der Waals surface area contributed by atoms with Crippen molar-refractivity contribution in [2.24, 2.45) is 5.92 Å². The Morgan fingerprint density at radius 2 is 1.87 bits per heavy atom. The summed E-state index contributed by atoms with van der Waals surface area (Å²) in [7, 11) is 0. The topological polar surface area (TPSA) is 20.2 Å². The van der Waals surface area contributed by atoms with E-state index >= 15 is 0 Å². The van der Waals surface area contributed by atoms with E-state index in [0.29, 0.717) is 5.92 Å². The molecule has 0 aromatic heterocycles. The van der Waals surface area contributed by atoms with Gasteiger partial charge in [0.1, 0.15) is 0 Å². The summed E-state index contributed by atoms with van der Waals surface area (Å²) in [5.74, 6) is 0.383. The molecular formula is C14H20O. The lowest BCUT2D eigenvalue weighted by Gasteiger charge is -2.38. The summed E-state index contributed by atoms with van der Waals surface area (Å²) in [5.41, 5.74) is 1.78. The molecule has 0 saturated heterocycles. The molecule has 1 nitrogen and oxygen atoms in total. The van der Waals surface area contributed by atoms with Crippen molar-refractivity contribution in [2.45, 2.75) is 45.1 Å². The fraction of sp³-hybridized carbons (Fsp3) is 0.571. The molecule has 1 heteroatoms. The fourth-order valence-electron chi connectivity index (χ4n) is 2.60. The van der Waals surface area contributed by atoms with Gasteiger partial charge in [-0.2, -0.15) is 0 Å². The molecule has 1 aliphatic rings. The predicted molar refractivity (Wildman–Crippen MR) is 62.7 cm³/mol. The average molecular weight is 204 g/mol. The molecule has 1 N–H and O–H groups in total. The number of hydrogen-bond acceptors (Lipinski definition) is 1. The molecule has 1 saturated carbocycles. The van der Waals surface area contributed by atoms with Gasteiger partial charge in [-0.1, -0.05) is 49.6 Å². The standard InChI is InChI=1S/C14H20O/c1-11-6-8-13(9-7-11)14(15)10-4-3-5-12(14)2/h6-9,12,15H,3-5,10H2,1-2H3/t12-,14-/m0/s1. The molecule has 0 bridgehead atoms. The molecule has 1 aromatic carbocycles. The Morgan fingerprint density at radius 1 is 1.20 bits per heavy atom. The van der Waals surface area contributed by atoms with Crippen LogP contribution in [0.15, 0.2) is 24.3 Å². The molecule has 82 valence electrons. The fourth-order valence-corrected chi connectivity index (χ4v) is 2.60. The summed E-state index contributed by atoms with van der Waals surface area (Å²) in [6.45, 7) is 4.25. The Bertz CT molecular complexity index is 328. The highest BCUT2D eigenvalue weighted by molar-refractivity contribution is 5.27. The van der Waals surface area contributed by atoms with Crippen LogP contribution in [0.3, 0.4) is 0 Å². The van der Waals surface area contributed by atoms with E-state index in [2.05, 4.69) is 38.1 Å². The Kier molecular flexibility index (Phi) is 2.83. The van der Waals surface area contributed by atoms with Gasteiger partial charge in [0.2, 0.25) is 0 Å². The van der Waals surface area contributed by atoms with E-state index in [0.717, 1.165) is 24.8 Å². The van der Waals surface area contributed by atoms with Crippen LogP contribution in [-0.2, 0) is 5.60 Å². The van der Waals surface area contributed by atoms with Gasteiger partial charge in [-0.3, -0.25) is 0 Å². The predicted octanol–water partition coefficient (Wildman–Crippen LogP) is 3.39. The van der Waals surface area contributed by atoms with Crippen LogP contribution in [0.25, 0.3) is 0 Å². The minimum Gasteiger partial charge on any atom is -0.385 e. The molecule has 0 unspecified atom stereocenters. The summed E-state index contributed by atoms with van der Waals surface area (Å²) in [6, 6.07) is 8.34. The van der Waals surface area contributed by atoms with Crippen LogP contribution in [0.2, 0.25) is 0 Å². The minimum atomic E-state index is -0.577. The zero-order valence-corrected chi connectivity index (χ0v) is 9.66. The lowest BCUT2D eigenvalue weighted by atomic mass is 9.72. The zero-order chi connectivity index (χ0) is 10.9. The van der Waals surface area contributed by atoms with Gasteiger partial charge in [0.15, 0.2) is 0 Å². The molecule has 1 aliphatic carbocycles. The van der Waals surface area contributed by atoms with Crippen LogP contribution in [0.1, 0.15) is 43.7 Å². The van der Waals surface area contributed by atoms with Crippen molar-refractivity contribution in [2.75, 3.05) is 0 Å². The second kappa shape index (κ2) is 3.97. The lowest BCUT2D eigenvalue weighted by molar-refractivity contribution is -0.0469. The van der Waals surface area contributed by atoms with Crippen molar-refractivity contribution in [1.82, 2.24) is 0 Å². The summed E-state index contributed by atoms with van der Waals surface area (Å²) in [6.07, 6.45) is 4.46. The Morgan fingerprint density at radius 3 is 2.47 bits per heavy atom. The van der Waals surface area contributed by atoms with E-state index < -0.39 is 5.60 Å². The zero-order valence-electron chi connectivity index (χ0n) is 9.66. The van der Waals surface area contributed by atoms with Gasteiger partial charge in [0.05, 0.1) is 5.60 Å². The second-order valence-electron chi connectivity index (χ2n) is 4.94. The first kappa shape index (κ1) is 10.7. The highest BCUT2D eigenvalue weighted by Gasteiger charge is 2.37. The molecule has 2 atom stereocenters. The van der Waals surface area contributed by atoms with E-state index in [1.165, 1.54) is 12.0 Å². The van der Waals surface area contributed by atoms with Crippen molar-refractivity contribution in [3.05, 3.63) is 35.4 Å². The third-order valence-corrected chi connectivity index (χ3v) is 3.81. The van der Waals surface area contributed by atoms with Crippen LogP contribution in [0.5, 0.6) is 0 Å². The van der Waals surface area contributed by atoms with Gasteiger partial charge in [-0.25, -0.2) is 0 Å². The van der Waals surface area contributed by atoms with Gasteiger partial charge < -0.3 is 5.11 Å². The highest BCUT2D eigenvalue weighted by Crippen LogP contribution is 2.41. The van der Waals surface area contributed by atoms with Gasteiger partial charge >= 0.3 is 0 Å². The molecular weight excluding hydrogens is 184 g/mol. The van der Waals surface area contributed by atoms with Crippen LogP contribution >= 0.6 is 0 Å². The summed E-state index contributed by atoms with van der Waals surface area (Å²) >= 11 is 0. The summed E-state index contributed by atoms with van der Waals surface area (Å²) < 4.78 is 0. The quantitative estimate of drug-likeness (QED) is 0.743. The van der Waals surface area contributed by atoms with E-state index in [-0.39, 0.29) is 0 Å². The van der Waals surface area contributed by atoms with Crippen molar-refractivity contribution < 1.29 is 5.11 Å². The molecule has 1 aromatic rings. The SMILES string of the molecule is Cc1ccc([C@]2(O)CCCC[C@@H]2C)cc1. The third-order valence-electron chi connectivity index (χ3n) is 3.81. The first-order valence-corrected chi connectivity index (χ1v) is 5.92. The molecule has 0 heterocycles. The molecule has 0 amide bonds.